The molecule has 0 fully saturated rings. The summed E-state index contributed by atoms with van der Waals surface area (Å²) in [4.78, 5) is 25.5. The van der Waals surface area contributed by atoms with E-state index in [1.54, 1.807) is 7.05 Å². The van der Waals surface area contributed by atoms with Gasteiger partial charge in [0.2, 0.25) is 0 Å². The van der Waals surface area contributed by atoms with Gasteiger partial charge in [-0.3, -0.25) is 0 Å². The summed E-state index contributed by atoms with van der Waals surface area (Å²) in [6.07, 6.45) is -0.401. The predicted octanol–water partition coefficient (Wildman–Crippen LogP) is 3.83. The number of carbonyl (C=O) groups excluding carboxylic acids is 2. The lowest BCUT2D eigenvalue weighted by molar-refractivity contribution is 0.0285. The Bertz CT molecular complexity index is 565. The largest absolute Gasteiger partial charge is 0.444 e. The van der Waals surface area contributed by atoms with Crippen molar-refractivity contribution < 1.29 is 14.3 Å². The minimum Gasteiger partial charge on any atom is -0.444 e. The molecule has 0 unspecified atom stereocenters. The highest BCUT2D eigenvalue weighted by Crippen LogP contribution is 2.18. The first-order chi connectivity index (χ1) is 11.1. The van der Waals surface area contributed by atoms with E-state index >= 15 is 0 Å². The van der Waals surface area contributed by atoms with E-state index in [2.05, 4.69) is 10.6 Å². The van der Waals surface area contributed by atoms with Crippen LogP contribution in [0.15, 0.2) is 24.3 Å². The van der Waals surface area contributed by atoms with Crippen LogP contribution in [0.5, 0.6) is 0 Å². The van der Waals surface area contributed by atoms with Crippen molar-refractivity contribution in [2.75, 3.05) is 18.9 Å². The minimum atomic E-state index is -0.542. The highest BCUT2D eigenvalue weighted by molar-refractivity contribution is 5.90. The number of ether oxygens (including phenoxy) is 1. The van der Waals surface area contributed by atoms with Gasteiger partial charge in [-0.25, -0.2) is 9.59 Å². The number of hydrogen-bond acceptors (Lipinski definition) is 3. The van der Waals surface area contributed by atoms with E-state index < -0.39 is 11.7 Å². The molecule has 0 aliphatic heterocycles. The Morgan fingerprint density at radius 1 is 1.21 bits per heavy atom. The van der Waals surface area contributed by atoms with E-state index in [1.165, 1.54) is 4.90 Å². The maximum absolute atomic E-state index is 12.1. The molecule has 0 heterocycles. The molecule has 2 N–H and O–H groups in total. The molecule has 3 amide bonds. The van der Waals surface area contributed by atoms with Crippen molar-refractivity contribution in [2.45, 2.75) is 46.8 Å². The van der Waals surface area contributed by atoms with Crippen LogP contribution in [0.25, 0.3) is 0 Å². The number of carbonyl (C=O) groups is 2. The van der Waals surface area contributed by atoms with Gasteiger partial charge in [-0.15, -0.1) is 0 Å². The second kappa shape index (κ2) is 8.57. The number of nitrogens with one attached hydrogen (secondary N) is 2. The second-order valence-corrected chi connectivity index (χ2v) is 7.22. The van der Waals surface area contributed by atoms with E-state index in [0.29, 0.717) is 24.7 Å². The van der Waals surface area contributed by atoms with Gasteiger partial charge in [0.05, 0.1) is 6.54 Å². The molecule has 0 aromatic heterocycles. The first kappa shape index (κ1) is 19.8. The van der Waals surface area contributed by atoms with Crippen LogP contribution in [0.3, 0.4) is 0 Å². The molecule has 0 spiro atoms. The molecule has 0 aliphatic rings. The third-order valence-corrected chi connectivity index (χ3v) is 3.05. The lowest BCUT2D eigenvalue weighted by atomic mass is 10.1. The maximum Gasteiger partial charge on any atom is 0.410 e. The Morgan fingerprint density at radius 3 is 2.42 bits per heavy atom. The summed E-state index contributed by atoms with van der Waals surface area (Å²) in [6.45, 7) is 10.5. The molecule has 1 aromatic carbocycles. The standard InChI is InChI=1S/C18H29N3O3/c1-13(2)11-19-16(22)20-15-10-8-7-9-14(15)12-21(6)17(23)24-18(3,4)5/h7-10,13H,11-12H2,1-6H3,(H2,19,20,22). The molecule has 1 aromatic rings. The fourth-order valence-corrected chi connectivity index (χ4v) is 1.90. The number of urea groups is 1. The van der Waals surface area contributed by atoms with Crippen LogP contribution in [-0.4, -0.2) is 36.2 Å². The molecular weight excluding hydrogens is 306 g/mol. The van der Waals surface area contributed by atoms with Crippen LogP contribution in [-0.2, 0) is 11.3 Å². The van der Waals surface area contributed by atoms with Crippen LogP contribution in [0, 0.1) is 5.92 Å². The number of amides is 3. The summed E-state index contributed by atoms with van der Waals surface area (Å²) in [5, 5.41) is 5.64. The van der Waals surface area contributed by atoms with Crippen molar-refractivity contribution in [3.8, 4) is 0 Å². The van der Waals surface area contributed by atoms with Crippen LogP contribution < -0.4 is 10.6 Å². The Morgan fingerprint density at radius 2 is 1.83 bits per heavy atom. The Kier molecular flexibility index (Phi) is 7.07. The van der Waals surface area contributed by atoms with E-state index in [1.807, 2.05) is 58.9 Å². The third-order valence-electron chi connectivity index (χ3n) is 3.05. The van der Waals surface area contributed by atoms with Gasteiger partial charge in [0.25, 0.3) is 0 Å². The monoisotopic (exact) mass is 335 g/mol. The summed E-state index contributed by atoms with van der Waals surface area (Å²) < 4.78 is 5.34. The Balaban J connectivity index is 2.72. The predicted molar refractivity (Wildman–Crippen MR) is 96.0 cm³/mol. The number of anilines is 1. The molecule has 0 saturated heterocycles. The number of benzene rings is 1. The fraction of sp³-hybridized carbons (Fsp3) is 0.556. The summed E-state index contributed by atoms with van der Waals surface area (Å²) >= 11 is 0. The third kappa shape index (κ3) is 7.35. The molecule has 6 nitrogen and oxygen atoms in total. The first-order valence-corrected chi connectivity index (χ1v) is 8.15. The summed E-state index contributed by atoms with van der Waals surface area (Å²) in [5.41, 5.74) is 0.972. The van der Waals surface area contributed by atoms with Crippen LogP contribution in [0.1, 0.15) is 40.2 Å². The highest BCUT2D eigenvalue weighted by Gasteiger charge is 2.20. The number of nitrogens with zero attached hydrogens (tertiary/aromatic N) is 1. The zero-order valence-electron chi connectivity index (χ0n) is 15.5. The van der Waals surface area contributed by atoms with Gasteiger partial charge in [-0.2, -0.15) is 0 Å². The maximum atomic E-state index is 12.1. The fourth-order valence-electron chi connectivity index (χ4n) is 1.90. The normalized spacial score (nSPS) is 11.1. The zero-order chi connectivity index (χ0) is 18.3. The first-order valence-electron chi connectivity index (χ1n) is 8.15. The van der Waals surface area contributed by atoms with Gasteiger partial charge in [0.1, 0.15) is 5.60 Å². The average molecular weight is 335 g/mol. The molecule has 0 radical (unpaired) electrons. The van der Waals surface area contributed by atoms with Crippen molar-refractivity contribution in [3.63, 3.8) is 0 Å². The van der Waals surface area contributed by atoms with Gasteiger partial charge >= 0.3 is 12.1 Å². The van der Waals surface area contributed by atoms with E-state index in [9.17, 15) is 9.59 Å². The van der Waals surface area contributed by atoms with Gasteiger partial charge < -0.3 is 20.3 Å². The van der Waals surface area contributed by atoms with Crippen molar-refractivity contribution >= 4 is 17.8 Å². The van der Waals surface area contributed by atoms with Crippen LogP contribution in [0.2, 0.25) is 0 Å². The summed E-state index contributed by atoms with van der Waals surface area (Å²) in [6, 6.07) is 7.15. The van der Waals surface area contributed by atoms with Crippen LogP contribution >= 0.6 is 0 Å². The molecule has 1 rings (SSSR count). The zero-order valence-corrected chi connectivity index (χ0v) is 15.5. The Labute approximate surface area is 144 Å². The van der Waals surface area contributed by atoms with Crippen LogP contribution in [0.4, 0.5) is 15.3 Å². The van der Waals surface area contributed by atoms with Gasteiger partial charge in [-0.05, 0) is 38.3 Å². The SMILES string of the molecule is CC(C)CNC(=O)Nc1ccccc1CN(C)C(=O)OC(C)(C)C. The quantitative estimate of drug-likeness (QED) is 0.859. The average Bonchev–Trinajstić information content (AvgIpc) is 2.45. The van der Waals surface area contributed by atoms with Gasteiger partial charge in [0, 0.05) is 19.3 Å². The van der Waals surface area contributed by atoms with E-state index in [0.717, 1.165) is 5.56 Å². The van der Waals surface area contributed by atoms with Gasteiger partial charge in [0.15, 0.2) is 0 Å². The molecule has 0 atom stereocenters. The molecular formula is C18H29N3O3. The Hall–Kier alpha value is -2.24. The van der Waals surface area contributed by atoms with Gasteiger partial charge in [-0.1, -0.05) is 32.0 Å². The summed E-state index contributed by atoms with van der Waals surface area (Å²) in [5.74, 6) is 0.379. The van der Waals surface area contributed by atoms with Crippen molar-refractivity contribution in [2.24, 2.45) is 5.92 Å². The smallest absolute Gasteiger partial charge is 0.410 e. The van der Waals surface area contributed by atoms with E-state index in [4.69, 9.17) is 4.74 Å². The lowest BCUT2D eigenvalue weighted by Crippen LogP contribution is -2.34. The molecule has 0 bridgehead atoms. The highest BCUT2D eigenvalue weighted by atomic mass is 16.6. The molecule has 24 heavy (non-hydrogen) atoms. The number of hydrogen-bond donors (Lipinski definition) is 2. The second-order valence-electron chi connectivity index (χ2n) is 7.22. The molecule has 0 saturated carbocycles. The van der Waals surface area contributed by atoms with Crippen molar-refractivity contribution in [1.82, 2.24) is 10.2 Å². The topological polar surface area (TPSA) is 70.7 Å². The molecule has 6 heteroatoms. The van der Waals surface area contributed by atoms with Crippen molar-refractivity contribution in [1.29, 1.82) is 0 Å². The summed E-state index contributed by atoms with van der Waals surface area (Å²) in [7, 11) is 1.67. The number of rotatable bonds is 5. The lowest BCUT2D eigenvalue weighted by Gasteiger charge is -2.25. The minimum absolute atomic E-state index is 0.254. The number of para-hydroxylation sites is 1. The van der Waals surface area contributed by atoms with Crippen molar-refractivity contribution in [3.05, 3.63) is 29.8 Å². The molecule has 134 valence electrons. The molecule has 0 aliphatic carbocycles. The van der Waals surface area contributed by atoms with E-state index in [-0.39, 0.29) is 6.03 Å².